The third-order valence-electron chi connectivity index (χ3n) is 5.50. The monoisotopic (exact) mass is 387 g/mol. The van der Waals surface area contributed by atoms with Crippen molar-refractivity contribution >= 4 is 23.7 Å². The maximum atomic E-state index is 12.7. The van der Waals surface area contributed by atoms with E-state index in [0.717, 1.165) is 10.5 Å². The van der Waals surface area contributed by atoms with Crippen molar-refractivity contribution in [1.82, 2.24) is 14.7 Å². The van der Waals surface area contributed by atoms with Gasteiger partial charge in [0.1, 0.15) is 6.54 Å². The van der Waals surface area contributed by atoms with Gasteiger partial charge >= 0.3 is 5.97 Å². The van der Waals surface area contributed by atoms with Crippen LogP contribution in [0.25, 0.3) is 0 Å². The molecule has 3 rings (SSSR count). The molecular weight excluding hydrogens is 362 g/mol. The number of rotatable bonds is 6. The lowest BCUT2D eigenvalue weighted by atomic mass is 10.0. The van der Waals surface area contributed by atoms with E-state index in [1.807, 2.05) is 18.7 Å². The first-order valence-electron chi connectivity index (χ1n) is 9.52. The highest BCUT2D eigenvalue weighted by Crippen LogP contribution is 2.24. The Balaban J connectivity index is 1.59. The first kappa shape index (κ1) is 20.0. The van der Waals surface area contributed by atoms with Crippen molar-refractivity contribution in [2.24, 2.45) is 0 Å². The molecule has 8 nitrogen and oxygen atoms in total. The molecule has 3 amide bonds. The van der Waals surface area contributed by atoms with Gasteiger partial charge in [0.05, 0.1) is 17.7 Å². The second-order valence-electron chi connectivity index (χ2n) is 7.31. The van der Waals surface area contributed by atoms with Gasteiger partial charge in [-0.2, -0.15) is 0 Å². The molecule has 1 fully saturated rings. The number of aliphatic carboxylic acids is 1. The van der Waals surface area contributed by atoms with Gasteiger partial charge < -0.3 is 10.0 Å². The summed E-state index contributed by atoms with van der Waals surface area (Å²) in [5.74, 6) is -1.97. The molecule has 1 aromatic rings. The van der Waals surface area contributed by atoms with E-state index >= 15 is 0 Å². The van der Waals surface area contributed by atoms with Gasteiger partial charge in [0.2, 0.25) is 5.91 Å². The van der Waals surface area contributed by atoms with E-state index in [1.54, 1.807) is 23.1 Å². The van der Waals surface area contributed by atoms with Crippen molar-refractivity contribution in [3.8, 4) is 0 Å². The Labute approximate surface area is 163 Å². The predicted octanol–water partition coefficient (Wildman–Crippen LogP) is 0.989. The van der Waals surface area contributed by atoms with Crippen LogP contribution < -0.4 is 0 Å². The average Bonchev–Trinajstić information content (AvgIpc) is 2.90. The molecule has 2 heterocycles. The lowest BCUT2D eigenvalue weighted by Crippen LogP contribution is -2.50. The number of carbonyl (C=O) groups excluding carboxylic acids is 3. The van der Waals surface area contributed by atoms with E-state index in [9.17, 15) is 19.2 Å². The molecule has 0 aromatic heterocycles. The van der Waals surface area contributed by atoms with Gasteiger partial charge in [-0.15, -0.1) is 0 Å². The number of amides is 3. The van der Waals surface area contributed by atoms with E-state index in [2.05, 4.69) is 0 Å². The Morgan fingerprint density at radius 2 is 1.79 bits per heavy atom. The Bertz CT molecular complexity index is 814. The van der Waals surface area contributed by atoms with E-state index in [-0.39, 0.29) is 25.0 Å². The molecule has 1 saturated heterocycles. The summed E-state index contributed by atoms with van der Waals surface area (Å²) in [6, 6.07) is 5.19. The molecule has 0 atom stereocenters. The minimum Gasteiger partial charge on any atom is -0.480 e. The summed E-state index contributed by atoms with van der Waals surface area (Å²) >= 11 is 0. The van der Waals surface area contributed by atoms with Crippen molar-refractivity contribution in [3.63, 3.8) is 0 Å². The fourth-order valence-corrected chi connectivity index (χ4v) is 3.94. The van der Waals surface area contributed by atoms with Crippen molar-refractivity contribution in [3.05, 3.63) is 34.9 Å². The molecule has 0 aliphatic carbocycles. The lowest BCUT2D eigenvalue weighted by molar-refractivity contribution is -0.140. The standard InChI is InChI=1S/C20H25N3O5/c1-3-21(12-18(25)26)14-6-8-22(9-7-14)17(24)11-23-19(27)15-5-4-13(2)10-16(15)20(23)28/h4-5,10,14H,3,6-9,11-12H2,1-2H3,(H,25,26). The van der Waals surface area contributed by atoms with Crippen LogP contribution in [-0.4, -0.2) is 82.3 Å². The highest BCUT2D eigenvalue weighted by atomic mass is 16.4. The highest BCUT2D eigenvalue weighted by molar-refractivity contribution is 6.22. The number of fused-ring (bicyclic) bond motifs is 1. The van der Waals surface area contributed by atoms with Crippen molar-refractivity contribution in [2.45, 2.75) is 32.7 Å². The fraction of sp³-hybridized carbons (Fsp3) is 0.500. The van der Waals surface area contributed by atoms with Crippen LogP contribution >= 0.6 is 0 Å². The number of carboxylic acid groups (broad SMARTS) is 1. The van der Waals surface area contributed by atoms with E-state index in [4.69, 9.17) is 5.11 Å². The van der Waals surface area contributed by atoms with Crippen LogP contribution in [-0.2, 0) is 9.59 Å². The van der Waals surface area contributed by atoms with Crippen LogP contribution in [0.5, 0.6) is 0 Å². The third-order valence-corrected chi connectivity index (χ3v) is 5.50. The molecule has 8 heteroatoms. The second kappa shape index (κ2) is 8.10. The molecule has 0 bridgehead atoms. The summed E-state index contributed by atoms with van der Waals surface area (Å²) in [5.41, 5.74) is 1.58. The number of likely N-dealkylation sites (tertiary alicyclic amines) is 1. The van der Waals surface area contributed by atoms with Gasteiger partial charge in [0.15, 0.2) is 0 Å². The Kier molecular flexibility index (Phi) is 5.79. The number of imide groups is 1. The zero-order valence-electron chi connectivity index (χ0n) is 16.2. The Hall–Kier alpha value is -2.74. The molecule has 0 spiro atoms. The molecule has 28 heavy (non-hydrogen) atoms. The van der Waals surface area contributed by atoms with Gasteiger partial charge in [-0.25, -0.2) is 0 Å². The first-order valence-corrected chi connectivity index (χ1v) is 9.52. The zero-order valence-corrected chi connectivity index (χ0v) is 16.2. The number of carboxylic acids is 1. The van der Waals surface area contributed by atoms with E-state index < -0.39 is 17.8 Å². The number of piperidine rings is 1. The summed E-state index contributed by atoms with van der Waals surface area (Å²) in [4.78, 5) is 53.2. The summed E-state index contributed by atoms with van der Waals surface area (Å²) in [7, 11) is 0. The number of likely N-dealkylation sites (N-methyl/N-ethyl adjacent to an activating group) is 1. The van der Waals surface area contributed by atoms with Crippen LogP contribution in [0.15, 0.2) is 18.2 Å². The van der Waals surface area contributed by atoms with Crippen LogP contribution in [0.4, 0.5) is 0 Å². The largest absolute Gasteiger partial charge is 0.480 e. The molecule has 0 saturated carbocycles. The smallest absolute Gasteiger partial charge is 0.317 e. The van der Waals surface area contributed by atoms with Crippen LogP contribution in [0.2, 0.25) is 0 Å². The highest BCUT2D eigenvalue weighted by Gasteiger charge is 2.38. The minimum absolute atomic E-state index is 0.0103. The van der Waals surface area contributed by atoms with Gasteiger partial charge in [-0.1, -0.05) is 18.6 Å². The minimum atomic E-state index is -0.860. The summed E-state index contributed by atoms with van der Waals surface area (Å²) < 4.78 is 0. The number of nitrogens with zero attached hydrogens (tertiary/aromatic N) is 3. The molecule has 2 aliphatic heterocycles. The van der Waals surface area contributed by atoms with Crippen LogP contribution in [0, 0.1) is 6.92 Å². The molecular formula is C20H25N3O5. The lowest BCUT2D eigenvalue weighted by Gasteiger charge is -2.37. The fourth-order valence-electron chi connectivity index (χ4n) is 3.94. The maximum Gasteiger partial charge on any atom is 0.317 e. The van der Waals surface area contributed by atoms with E-state index in [0.29, 0.717) is 43.6 Å². The molecule has 2 aliphatic rings. The van der Waals surface area contributed by atoms with Crippen molar-refractivity contribution in [1.29, 1.82) is 0 Å². The van der Waals surface area contributed by atoms with E-state index in [1.165, 1.54) is 0 Å². The molecule has 1 N–H and O–H groups in total. The van der Waals surface area contributed by atoms with Crippen molar-refractivity contribution < 1.29 is 24.3 Å². The van der Waals surface area contributed by atoms with Crippen molar-refractivity contribution in [2.75, 3.05) is 32.7 Å². The predicted molar refractivity (Wildman–Crippen MR) is 101 cm³/mol. The van der Waals surface area contributed by atoms with Gasteiger partial charge in [-0.3, -0.25) is 29.0 Å². The molecule has 1 aromatic carbocycles. The van der Waals surface area contributed by atoms with Crippen LogP contribution in [0.3, 0.4) is 0 Å². The quantitative estimate of drug-likeness (QED) is 0.731. The van der Waals surface area contributed by atoms with Gasteiger partial charge in [0, 0.05) is 19.1 Å². The maximum absolute atomic E-state index is 12.7. The topological polar surface area (TPSA) is 98.2 Å². The normalized spacial score (nSPS) is 17.4. The third kappa shape index (κ3) is 3.91. The molecule has 0 unspecified atom stereocenters. The van der Waals surface area contributed by atoms with Crippen LogP contribution in [0.1, 0.15) is 46.0 Å². The molecule has 150 valence electrons. The Morgan fingerprint density at radius 1 is 1.14 bits per heavy atom. The summed E-state index contributed by atoms with van der Waals surface area (Å²) in [5, 5.41) is 9.01. The number of aryl methyl sites for hydroxylation is 1. The first-order chi connectivity index (χ1) is 13.3. The number of carbonyl (C=O) groups is 4. The second-order valence-corrected chi connectivity index (χ2v) is 7.31. The number of benzene rings is 1. The summed E-state index contributed by atoms with van der Waals surface area (Å²) in [6.07, 6.45) is 1.35. The SMILES string of the molecule is CCN(CC(=O)O)C1CCN(C(=O)CN2C(=O)c3ccc(C)cc3C2=O)CC1. The molecule has 0 radical (unpaired) electrons. The summed E-state index contributed by atoms with van der Waals surface area (Å²) in [6.45, 7) is 5.11. The average molecular weight is 387 g/mol. The van der Waals surface area contributed by atoms with Gasteiger partial charge in [-0.05, 0) is 38.4 Å². The number of hydrogen-bond donors (Lipinski definition) is 1. The Morgan fingerprint density at radius 3 is 2.39 bits per heavy atom. The number of hydrogen-bond acceptors (Lipinski definition) is 5. The van der Waals surface area contributed by atoms with Gasteiger partial charge in [0.25, 0.3) is 11.8 Å². The zero-order chi connectivity index (χ0) is 20.4.